The van der Waals surface area contributed by atoms with Crippen molar-refractivity contribution in [3.63, 3.8) is 0 Å². The molecule has 0 heterocycles. The van der Waals surface area contributed by atoms with Crippen molar-refractivity contribution in [2.75, 3.05) is 0 Å². The summed E-state index contributed by atoms with van der Waals surface area (Å²) in [6.07, 6.45) is 0. The van der Waals surface area contributed by atoms with Crippen LogP contribution in [0, 0.1) is 0 Å². The van der Waals surface area contributed by atoms with Crippen LogP contribution in [0.3, 0.4) is 0 Å². The Balaban J connectivity index is 0. The van der Waals surface area contributed by atoms with Gasteiger partial charge in [-0.3, -0.25) is 13.7 Å². The Morgan fingerprint density at radius 2 is 1.14 bits per heavy atom. The molecule has 0 aliphatic carbocycles. The Labute approximate surface area is 42.5 Å². The highest BCUT2D eigenvalue weighted by molar-refractivity contribution is 7.79. The SMILES string of the molecule is O=P.O=S(=O)(O)O. The smallest absolute Gasteiger partial charge is 0.279 e. The lowest BCUT2D eigenvalue weighted by atomic mass is 15.8. The summed E-state index contributed by atoms with van der Waals surface area (Å²) in [7, 11) is -2.94. The van der Waals surface area contributed by atoms with Crippen molar-refractivity contribution in [2.45, 2.75) is 0 Å². The van der Waals surface area contributed by atoms with E-state index >= 15 is 0 Å². The van der Waals surface area contributed by atoms with Gasteiger partial charge in [0.15, 0.2) is 0 Å². The molecule has 7 heteroatoms. The lowest BCUT2D eigenvalue weighted by Gasteiger charge is -1.68. The Morgan fingerprint density at radius 3 is 1.14 bits per heavy atom. The van der Waals surface area contributed by atoms with Crippen LogP contribution in [-0.4, -0.2) is 17.5 Å². The molecule has 0 amide bonds. The second kappa shape index (κ2) is 4.14. The van der Waals surface area contributed by atoms with Gasteiger partial charge in [0.1, 0.15) is 9.12 Å². The third-order valence-electron chi connectivity index (χ3n) is 0. The average Bonchev–Trinajstić information content (AvgIpc) is 1.36. The minimum Gasteiger partial charge on any atom is -0.279 e. The first kappa shape index (κ1) is 10.1. The maximum absolute atomic E-state index is 8.74. The molecule has 0 aliphatic rings. The molecule has 5 nitrogen and oxygen atoms in total. The predicted octanol–water partition coefficient (Wildman–Crippen LogP) is -0.178. The van der Waals surface area contributed by atoms with Gasteiger partial charge in [0.25, 0.3) is 0 Å². The van der Waals surface area contributed by atoms with Crippen molar-refractivity contribution in [3.8, 4) is 0 Å². The Hall–Kier alpha value is -0.0300. The van der Waals surface area contributed by atoms with Crippen LogP contribution < -0.4 is 0 Å². The monoisotopic (exact) mass is 146 g/mol. The van der Waals surface area contributed by atoms with Crippen LogP contribution in [-0.2, 0) is 15.0 Å². The van der Waals surface area contributed by atoms with Gasteiger partial charge in [-0.05, 0) is 0 Å². The molecule has 0 atom stereocenters. The topological polar surface area (TPSA) is 91.7 Å². The van der Waals surface area contributed by atoms with Crippen LogP contribution in [0.4, 0.5) is 0 Å². The molecule has 0 rings (SSSR count). The minimum atomic E-state index is -4.67. The first-order chi connectivity index (χ1) is 3.00. The quantitative estimate of drug-likeness (QED) is 0.365. The highest BCUT2D eigenvalue weighted by Gasteiger charge is 1.84. The van der Waals surface area contributed by atoms with Gasteiger partial charge >= 0.3 is 10.4 Å². The van der Waals surface area contributed by atoms with Gasteiger partial charge in [-0.25, -0.2) is 0 Å². The molecule has 0 aromatic heterocycles. The summed E-state index contributed by atoms with van der Waals surface area (Å²) in [5.74, 6) is 0. The van der Waals surface area contributed by atoms with E-state index in [1.54, 1.807) is 9.12 Å². The molecule has 7 heavy (non-hydrogen) atoms. The van der Waals surface area contributed by atoms with E-state index in [9.17, 15) is 0 Å². The predicted molar refractivity (Wildman–Crippen MR) is 23.2 cm³/mol. The lowest BCUT2D eigenvalue weighted by molar-refractivity contribution is 0.381. The fourth-order valence-electron chi connectivity index (χ4n) is 0. The molecule has 0 fully saturated rings. The van der Waals surface area contributed by atoms with Crippen LogP contribution in [0.1, 0.15) is 0 Å². The molecular weight excluding hydrogens is 143 g/mol. The van der Waals surface area contributed by atoms with E-state index in [2.05, 4.69) is 0 Å². The largest absolute Gasteiger partial charge is 0.394 e. The number of hydrogen-bond acceptors (Lipinski definition) is 3. The van der Waals surface area contributed by atoms with Crippen LogP contribution in [0.25, 0.3) is 0 Å². The maximum Gasteiger partial charge on any atom is 0.394 e. The fraction of sp³-hybridized carbons (Fsp3) is 0. The summed E-state index contributed by atoms with van der Waals surface area (Å²) in [6.45, 7) is 0. The van der Waals surface area contributed by atoms with Crippen LogP contribution in [0.15, 0.2) is 0 Å². The average molecular weight is 146 g/mol. The molecule has 0 aromatic carbocycles. The van der Waals surface area contributed by atoms with Gasteiger partial charge in [-0.2, -0.15) is 8.42 Å². The molecule has 0 unspecified atom stereocenters. The molecular formula is H3O5PS. The van der Waals surface area contributed by atoms with Crippen molar-refractivity contribution in [1.82, 2.24) is 0 Å². The van der Waals surface area contributed by atoms with Gasteiger partial charge in [-0.1, -0.05) is 0 Å². The standard InChI is InChI=1S/H2O4S.HOP/c1-5(2,3)4;1-2/h(H2,1,2,3,4);2H. The van der Waals surface area contributed by atoms with Crippen LogP contribution >= 0.6 is 9.12 Å². The van der Waals surface area contributed by atoms with Crippen LogP contribution in [0.2, 0.25) is 0 Å². The van der Waals surface area contributed by atoms with Crippen molar-refractivity contribution >= 4 is 19.5 Å². The Kier molecular flexibility index (Phi) is 5.94. The van der Waals surface area contributed by atoms with Crippen molar-refractivity contribution in [3.05, 3.63) is 0 Å². The second-order valence-electron chi connectivity index (χ2n) is 0.448. The third-order valence-corrected chi connectivity index (χ3v) is 0. The summed E-state index contributed by atoms with van der Waals surface area (Å²) in [4.78, 5) is 0. The number of hydrogen-bond donors (Lipinski definition) is 2. The highest BCUT2D eigenvalue weighted by atomic mass is 32.3. The van der Waals surface area contributed by atoms with Gasteiger partial charge in [0, 0.05) is 0 Å². The molecule has 0 spiro atoms. The molecule has 2 N–H and O–H groups in total. The van der Waals surface area contributed by atoms with Gasteiger partial charge in [0.2, 0.25) is 0 Å². The van der Waals surface area contributed by atoms with E-state index in [1.165, 1.54) is 0 Å². The molecule has 44 valence electrons. The summed E-state index contributed by atoms with van der Waals surface area (Å²) < 4.78 is 39.6. The minimum absolute atomic E-state index is 1.72. The summed E-state index contributed by atoms with van der Waals surface area (Å²) in [6, 6.07) is 0. The van der Waals surface area contributed by atoms with Gasteiger partial charge in [0.05, 0.1) is 0 Å². The van der Waals surface area contributed by atoms with E-state index in [0.29, 0.717) is 0 Å². The zero-order valence-electron chi connectivity index (χ0n) is 3.03. The molecule has 0 aromatic rings. The molecule has 0 saturated carbocycles. The zero-order chi connectivity index (χ0) is 6.50. The Bertz CT molecular complexity index is 102. The summed E-state index contributed by atoms with van der Waals surface area (Å²) in [5, 5.41) is 0. The third kappa shape index (κ3) is 105000. The first-order valence-electron chi connectivity index (χ1n) is 0.903. The van der Waals surface area contributed by atoms with Crippen molar-refractivity contribution in [2.24, 2.45) is 0 Å². The normalized spacial score (nSPS) is 8.86. The van der Waals surface area contributed by atoms with Gasteiger partial charge < -0.3 is 0 Å². The maximum atomic E-state index is 8.74. The first-order valence-corrected chi connectivity index (χ1v) is 2.71. The summed E-state index contributed by atoms with van der Waals surface area (Å²) >= 11 is 0. The molecule has 0 bridgehead atoms. The van der Waals surface area contributed by atoms with E-state index in [4.69, 9.17) is 22.1 Å². The van der Waals surface area contributed by atoms with E-state index in [1.807, 2.05) is 0 Å². The molecule has 0 saturated heterocycles. The summed E-state index contributed by atoms with van der Waals surface area (Å²) in [5.41, 5.74) is 0. The van der Waals surface area contributed by atoms with Crippen LogP contribution in [0.5, 0.6) is 0 Å². The fourth-order valence-corrected chi connectivity index (χ4v) is 0. The van der Waals surface area contributed by atoms with E-state index in [0.717, 1.165) is 0 Å². The van der Waals surface area contributed by atoms with Crippen molar-refractivity contribution < 1.29 is 22.1 Å². The Morgan fingerprint density at radius 1 is 1.14 bits per heavy atom. The number of rotatable bonds is 0. The van der Waals surface area contributed by atoms with E-state index in [-0.39, 0.29) is 0 Å². The molecule has 0 aliphatic heterocycles. The highest BCUT2D eigenvalue weighted by Crippen LogP contribution is 1.59. The molecule has 0 radical (unpaired) electrons. The second-order valence-corrected chi connectivity index (χ2v) is 1.34. The lowest BCUT2D eigenvalue weighted by Crippen LogP contribution is -1.89. The van der Waals surface area contributed by atoms with E-state index < -0.39 is 10.4 Å². The van der Waals surface area contributed by atoms with Crippen molar-refractivity contribution in [1.29, 1.82) is 0 Å². The van der Waals surface area contributed by atoms with Gasteiger partial charge in [-0.15, -0.1) is 0 Å². The zero-order valence-corrected chi connectivity index (χ0v) is 4.84.